The highest BCUT2D eigenvalue weighted by Gasteiger charge is 2.27. The third-order valence-corrected chi connectivity index (χ3v) is 5.57. The smallest absolute Gasteiger partial charge is 0.257 e. The summed E-state index contributed by atoms with van der Waals surface area (Å²) >= 11 is 0. The molecule has 0 atom stereocenters. The first-order chi connectivity index (χ1) is 13.1. The fourth-order valence-electron chi connectivity index (χ4n) is 3.87. The average Bonchev–Trinajstić information content (AvgIpc) is 2.69. The molecular weight excluding hydrogens is 346 g/mol. The summed E-state index contributed by atoms with van der Waals surface area (Å²) in [4.78, 5) is 36.3. The number of hydrogen-bond donors (Lipinski definition) is 1. The number of anilines is 1. The molecule has 1 aromatic rings. The standard InChI is InChI=1S/C19H29N5O3/c1-14(25)23-9-3-15(4-10-23)13-17(26)24-11-5-16(6-12-24)22-18-19(27-2)21-8-7-20-18/h7-8,15-16H,3-6,9-13H2,1-2H3,(H,20,22). The minimum Gasteiger partial charge on any atom is -0.478 e. The molecule has 1 aromatic heterocycles. The van der Waals surface area contributed by atoms with Gasteiger partial charge < -0.3 is 19.9 Å². The molecule has 0 aliphatic carbocycles. The lowest BCUT2D eigenvalue weighted by Gasteiger charge is -2.35. The van der Waals surface area contributed by atoms with Crippen LogP contribution in [0.3, 0.4) is 0 Å². The van der Waals surface area contributed by atoms with E-state index in [-0.39, 0.29) is 17.9 Å². The number of likely N-dealkylation sites (tertiary alicyclic amines) is 2. The molecule has 0 radical (unpaired) electrons. The summed E-state index contributed by atoms with van der Waals surface area (Å²) in [6.45, 7) is 4.68. The predicted molar refractivity (Wildman–Crippen MR) is 101 cm³/mol. The SMILES string of the molecule is COc1nccnc1NC1CCN(C(=O)CC2CCN(C(C)=O)CC2)CC1. The zero-order valence-electron chi connectivity index (χ0n) is 16.2. The van der Waals surface area contributed by atoms with Crippen LogP contribution < -0.4 is 10.1 Å². The van der Waals surface area contributed by atoms with Gasteiger partial charge in [0.2, 0.25) is 11.8 Å². The van der Waals surface area contributed by atoms with Crippen LogP contribution in [-0.2, 0) is 9.59 Å². The van der Waals surface area contributed by atoms with Gasteiger partial charge in [-0.25, -0.2) is 9.97 Å². The number of amides is 2. The zero-order valence-corrected chi connectivity index (χ0v) is 16.2. The van der Waals surface area contributed by atoms with Crippen LogP contribution in [0.15, 0.2) is 12.4 Å². The van der Waals surface area contributed by atoms with Crippen molar-refractivity contribution < 1.29 is 14.3 Å². The van der Waals surface area contributed by atoms with Gasteiger partial charge in [0.15, 0.2) is 5.82 Å². The van der Waals surface area contributed by atoms with Crippen LogP contribution in [0.2, 0.25) is 0 Å². The predicted octanol–water partition coefficient (Wildman–Crippen LogP) is 1.54. The number of carbonyl (C=O) groups is 2. The lowest BCUT2D eigenvalue weighted by molar-refractivity contribution is -0.134. The highest BCUT2D eigenvalue weighted by atomic mass is 16.5. The topological polar surface area (TPSA) is 87.7 Å². The van der Waals surface area contributed by atoms with E-state index in [1.165, 1.54) is 0 Å². The summed E-state index contributed by atoms with van der Waals surface area (Å²) in [6.07, 6.45) is 7.46. The average molecular weight is 375 g/mol. The Kier molecular flexibility index (Phi) is 6.47. The van der Waals surface area contributed by atoms with Gasteiger partial charge in [0.05, 0.1) is 7.11 Å². The summed E-state index contributed by atoms with van der Waals surface area (Å²) in [5.41, 5.74) is 0. The molecule has 0 saturated carbocycles. The lowest BCUT2D eigenvalue weighted by atomic mass is 9.92. The van der Waals surface area contributed by atoms with Gasteiger partial charge in [-0.05, 0) is 31.6 Å². The van der Waals surface area contributed by atoms with Gasteiger partial charge in [-0.3, -0.25) is 9.59 Å². The number of nitrogens with one attached hydrogen (secondary N) is 1. The van der Waals surface area contributed by atoms with Crippen molar-refractivity contribution in [2.75, 3.05) is 38.6 Å². The molecule has 8 nitrogen and oxygen atoms in total. The summed E-state index contributed by atoms with van der Waals surface area (Å²) in [5, 5.41) is 3.38. The van der Waals surface area contributed by atoms with Crippen molar-refractivity contribution in [3.05, 3.63) is 12.4 Å². The molecule has 0 unspecified atom stereocenters. The summed E-state index contributed by atoms with van der Waals surface area (Å²) in [7, 11) is 1.58. The maximum absolute atomic E-state index is 12.6. The fourth-order valence-corrected chi connectivity index (χ4v) is 3.87. The van der Waals surface area contributed by atoms with E-state index >= 15 is 0 Å². The van der Waals surface area contributed by atoms with Crippen molar-refractivity contribution in [3.8, 4) is 5.88 Å². The molecule has 27 heavy (non-hydrogen) atoms. The van der Waals surface area contributed by atoms with Gasteiger partial charge in [-0.2, -0.15) is 0 Å². The minimum atomic E-state index is 0.133. The van der Waals surface area contributed by atoms with E-state index < -0.39 is 0 Å². The molecule has 8 heteroatoms. The van der Waals surface area contributed by atoms with Crippen molar-refractivity contribution >= 4 is 17.6 Å². The van der Waals surface area contributed by atoms with Crippen LogP contribution in [0.4, 0.5) is 5.82 Å². The minimum absolute atomic E-state index is 0.133. The maximum atomic E-state index is 12.6. The monoisotopic (exact) mass is 375 g/mol. The highest BCUT2D eigenvalue weighted by Crippen LogP contribution is 2.24. The Balaban J connectivity index is 1.42. The number of methoxy groups -OCH3 is 1. The van der Waals surface area contributed by atoms with Gasteiger partial charge in [0.25, 0.3) is 5.88 Å². The number of aromatic nitrogens is 2. The summed E-state index contributed by atoms with van der Waals surface area (Å²) in [6, 6.07) is 0.262. The molecule has 2 aliphatic rings. The van der Waals surface area contributed by atoms with E-state index in [4.69, 9.17) is 4.74 Å². The van der Waals surface area contributed by atoms with Crippen LogP contribution >= 0.6 is 0 Å². The Hall–Kier alpha value is -2.38. The van der Waals surface area contributed by atoms with Gasteiger partial charge in [-0.1, -0.05) is 0 Å². The van der Waals surface area contributed by atoms with Crippen molar-refractivity contribution in [2.24, 2.45) is 5.92 Å². The van der Waals surface area contributed by atoms with Crippen LogP contribution in [0.5, 0.6) is 5.88 Å². The maximum Gasteiger partial charge on any atom is 0.257 e. The Bertz CT molecular complexity index is 653. The fraction of sp³-hybridized carbons (Fsp3) is 0.684. The van der Waals surface area contributed by atoms with E-state index in [2.05, 4.69) is 15.3 Å². The van der Waals surface area contributed by atoms with Crippen molar-refractivity contribution in [3.63, 3.8) is 0 Å². The molecule has 3 rings (SSSR count). The summed E-state index contributed by atoms with van der Waals surface area (Å²) in [5.74, 6) is 1.92. The second-order valence-corrected chi connectivity index (χ2v) is 7.37. The van der Waals surface area contributed by atoms with E-state index in [0.717, 1.165) is 51.9 Å². The van der Waals surface area contributed by atoms with E-state index in [9.17, 15) is 9.59 Å². The molecule has 1 N–H and O–H groups in total. The molecule has 2 amide bonds. The largest absolute Gasteiger partial charge is 0.478 e. The number of hydrogen-bond acceptors (Lipinski definition) is 6. The van der Waals surface area contributed by atoms with E-state index in [0.29, 0.717) is 24.0 Å². The van der Waals surface area contributed by atoms with Crippen molar-refractivity contribution in [1.82, 2.24) is 19.8 Å². The molecule has 0 aromatic carbocycles. The Morgan fingerprint density at radius 2 is 1.70 bits per heavy atom. The number of piperidine rings is 2. The van der Waals surface area contributed by atoms with E-state index in [1.54, 1.807) is 26.4 Å². The summed E-state index contributed by atoms with van der Waals surface area (Å²) < 4.78 is 5.23. The van der Waals surface area contributed by atoms with E-state index in [1.807, 2.05) is 9.80 Å². The van der Waals surface area contributed by atoms with Crippen LogP contribution in [0, 0.1) is 5.92 Å². The molecule has 2 saturated heterocycles. The van der Waals surface area contributed by atoms with Crippen LogP contribution in [-0.4, -0.2) is 70.9 Å². The Morgan fingerprint density at radius 1 is 1.07 bits per heavy atom. The normalized spacial score (nSPS) is 19.0. The molecule has 3 heterocycles. The number of carbonyl (C=O) groups excluding carboxylic acids is 2. The number of nitrogens with zero attached hydrogens (tertiary/aromatic N) is 4. The molecule has 0 bridgehead atoms. The van der Waals surface area contributed by atoms with Gasteiger partial charge in [0.1, 0.15) is 0 Å². The van der Waals surface area contributed by atoms with Gasteiger partial charge in [0, 0.05) is 58.0 Å². The van der Waals surface area contributed by atoms with Crippen LogP contribution in [0.1, 0.15) is 39.0 Å². The second kappa shape index (κ2) is 9.01. The molecular formula is C19H29N5O3. The molecule has 0 spiro atoms. The van der Waals surface area contributed by atoms with Gasteiger partial charge >= 0.3 is 0 Å². The first-order valence-electron chi connectivity index (χ1n) is 9.71. The van der Waals surface area contributed by atoms with Crippen molar-refractivity contribution in [1.29, 1.82) is 0 Å². The van der Waals surface area contributed by atoms with Crippen LogP contribution in [0.25, 0.3) is 0 Å². The van der Waals surface area contributed by atoms with Crippen molar-refractivity contribution in [2.45, 2.75) is 45.1 Å². The first kappa shape index (κ1) is 19.4. The van der Waals surface area contributed by atoms with Gasteiger partial charge in [-0.15, -0.1) is 0 Å². The lowest BCUT2D eigenvalue weighted by Crippen LogP contribution is -2.44. The second-order valence-electron chi connectivity index (χ2n) is 7.37. The molecule has 2 aliphatic heterocycles. The molecule has 148 valence electrons. The third-order valence-electron chi connectivity index (χ3n) is 5.57. The third kappa shape index (κ3) is 5.08. The Labute approximate surface area is 160 Å². The first-order valence-corrected chi connectivity index (χ1v) is 9.71. The highest BCUT2D eigenvalue weighted by molar-refractivity contribution is 5.77. The number of rotatable bonds is 5. The number of ether oxygens (including phenoxy) is 1. The Morgan fingerprint density at radius 3 is 2.33 bits per heavy atom. The zero-order chi connectivity index (χ0) is 19.2. The molecule has 2 fully saturated rings. The quantitative estimate of drug-likeness (QED) is 0.840.